The van der Waals surface area contributed by atoms with Crippen molar-refractivity contribution in [1.82, 2.24) is 4.84 Å². The molecule has 4 heteroatoms. The van der Waals surface area contributed by atoms with Gasteiger partial charge in [-0.15, -0.1) is 0 Å². The van der Waals surface area contributed by atoms with Gasteiger partial charge in [0.2, 0.25) is 0 Å². The Morgan fingerprint density at radius 2 is 2.50 bits per heavy atom. The summed E-state index contributed by atoms with van der Waals surface area (Å²) in [6.45, 7) is -0.525. The Morgan fingerprint density at radius 1 is 1.88 bits per heavy atom. The molecule has 0 aliphatic heterocycles. The molecule has 0 fully saturated rings. The molecule has 0 spiro atoms. The van der Waals surface area contributed by atoms with Crippen LogP contribution in [0.15, 0.2) is 0 Å². The molecule has 0 rings (SSSR count). The topological polar surface area (TPSA) is 29.1 Å². The zero-order valence-electron chi connectivity index (χ0n) is 4.23. The summed E-state index contributed by atoms with van der Waals surface area (Å²) >= 11 is 5.00. The highest BCUT2D eigenvalue weighted by Crippen LogP contribution is 1.88. The van der Waals surface area contributed by atoms with Crippen molar-refractivity contribution in [2.75, 3.05) is 6.67 Å². The van der Waals surface area contributed by atoms with Gasteiger partial charge in [-0.2, -0.15) is 0 Å². The lowest BCUT2D eigenvalue weighted by atomic mass is 10.3. The molecule has 0 aromatic heterocycles. The summed E-state index contributed by atoms with van der Waals surface area (Å²) in [4.78, 5) is 11.9. The van der Waals surface area contributed by atoms with Crippen molar-refractivity contribution in [2.45, 2.75) is 12.5 Å². The SMILES string of the molecule is O=CC(CCF)NCl. The van der Waals surface area contributed by atoms with Crippen LogP contribution in [0.4, 0.5) is 4.39 Å². The monoisotopic (exact) mass is 139 g/mol. The fourth-order valence-electron chi connectivity index (χ4n) is 0.266. The maximum absolute atomic E-state index is 11.4. The van der Waals surface area contributed by atoms with Gasteiger partial charge < -0.3 is 4.79 Å². The fraction of sp³-hybridized carbons (Fsp3) is 0.750. The van der Waals surface area contributed by atoms with Gasteiger partial charge >= 0.3 is 0 Å². The van der Waals surface area contributed by atoms with Crippen LogP contribution in [0.25, 0.3) is 0 Å². The smallest absolute Gasteiger partial charge is 0.138 e. The Kier molecular flexibility index (Phi) is 4.90. The molecule has 0 amide bonds. The van der Waals surface area contributed by atoms with Gasteiger partial charge in [-0.25, -0.2) is 4.84 Å². The van der Waals surface area contributed by atoms with Gasteiger partial charge in [0, 0.05) is 0 Å². The number of carbonyl (C=O) groups is 1. The molecule has 0 aliphatic carbocycles. The predicted octanol–water partition coefficient (Wildman–Crippen LogP) is 0.657. The lowest BCUT2D eigenvalue weighted by molar-refractivity contribution is -0.109. The summed E-state index contributed by atoms with van der Waals surface area (Å²) in [5, 5.41) is 0. The minimum atomic E-state index is -0.540. The number of halogens is 2. The summed E-state index contributed by atoms with van der Waals surface area (Å²) in [6.07, 6.45) is 0.722. The van der Waals surface area contributed by atoms with E-state index in [4.69, 9.17) is 11.8 Å². The van der Waals surface area contributed by atoms with E-state index >= 15 is 0 Å². The summed E-state index contributed by atoms with van der Waals surface area (Å²) < 4.78 is 11.4. The minimum absolute atomic E-state index is 0.146. The van der Waals surface area contributed by atoms with E-state index in [1.54, 1.807) is 0 Å². The summed E-state index contributed by atoms with van der Waals surface area (Å²) in [7, 11) is 0. The summed E-state index contributed by atoms with van der Waals surface area (Å²) in [5.41, 5.74) is 0. The number of hydrogen-bond acceptors (Lipinski definition) is 2. The molecule has 1 N–H and O–H groups in total. The van der Waals surface area contributed by atoms with Crippen LogP contribution in [0.1, 0.15) is 6.42 Å². The van der Waals surface area contributed by atoms with Crippen LogP contribution in [0, 0.1) is 0 Å². The number of carbonyl (C=O) groups excluding carboxylic acids is 1. The Labute approximate surface area is 52.1 Å². The highest BCUT2D eigenvalue weighted by Gasteiger charge is 2.01. The maximum Gasteiger partial charge on any atom is 0.138 e. The molecule has 0 heterocycles. The summed E-state index contributed by atoms with van der Waals surface area (Å²) in [6, 6.07) is -0.540. The van der Waals surface area contributed by atoms with Gasteiger partial charge in [-0.05, 0) is 18.2 Å². The van der Waals surface area contributed by atoms with Crippen molar-refractivity contribution in [2.24, 2.45) is 0 Å². The first-order chi connectivity index (χ1) is 3.85. The molecule has 8 heavy (non-hydrogen) atoms. The third-order valence-electron chi connectivity index (χ3n) is 0.725. The van der Waals surface area contributed by atoms with Crippen molar-refractivity contribution >= 4 is 18.1 Å². The van der Waals surface area contributed by atoms with Crippen LogP contribution in [-0.4, -0.2) is 19.0 Å². The van der Waals surface area contributed by atoms with Gasteiger partial charge in [0.05, 0.1) is 12.7 Å². The molecular formula is C4H7ClFNO. The van der Waals surface area contributed by atoms with Gasteiger partial charge in [-0.1, -0.05) is 0 Å². The summed E-state index contributed by atoms with van der Waals surface area (Å²) in [5.74, 6) is 0. The molecular weight excluding hydrogens is 133 g/mol. The number of aldehydes is 1. The van der Waals surface area contributed by atoms with Gasteiger partial charge in [0.25, 0.3) is 0 Å². The van der Waals surface area contributed by atoms with Gasteiger partial charge in [-0.3, -0.25) is 4.39 Å². The normalized spacial score (nSPS) is 13.2. The van der Waals surface area contributed by atoms with E-state index in [-0.39, 0.29) is 6.42 Å². The second-order valence-electron chi connectivity index (χ2n) is 1.33. The maximum atomic E-state index is 11.4. The lowest BCUT2D eigenvalue weighted by Gasteiger charge is -2.00. The fourth-order valence-corrected chi connectivity index (χ4v) is 0.426. The van der Waals surface area contributed by atoms with Gasteiger partial charge in [0.15, 0.2) is 0 Å². The lowest BCUT2D eigenvalue weighted by Crippen LogP contribution is -2.22. The zero-order chi connectivity index (χ0) is 6.41. The molecule has 1 unspecified atom stereocenters. The second-order valence-corrected chi connectivity index (χ2v) is 1.55. The van der Waals surface area contributed by atoms with Crippen LogP contribution in [-0.2, 0) is 4.79 Å². The standard InChI is InChI=1S/C4H7ClFNO/c5-7-4(3-8)1-2-6/h3-4,7H,1-2H2. The molecule has 0 aromatic rings. The molecule has 1 atom stereocenters. The van der Waals surface area contributed by atoms with E-state index in [0.717, 1.165) is 0 Å². The van der Waals surface area contributed by atoms with Crippen molar-refractivity contribution < 1.29 is 9.18 Å². The second kappa shape index (κ2) is 5.00. The molecule has 0 aliphatic rings. The van der Waals surface area contributed by atoms with Crippen LogP contribution in [0.3, 0.4) is 0 Å². The quantitative estimate of drug-likeness (QED) is 0.458. The zero-order valence-corrected chi connectivity index (χ0v) is 4.99. The third kappa shape index (κ3) is 2.93. The molecule has 48 valence electrons. The van der Waals surface area contributed by atoms with Crippen LogP contribution in [0.5, 0.6) is 0 Å². The first-order valence-corrected chi connectivity index (χ1v) is 2.60. The average Bonchev–Trinajstić information content (AvgIpc) is 1.83. The van der Waals surface area contributed by atoms with E-state index in [2.05, 4.69) is 4.84 Å². The highest BCUT2D eigenvalue weighted by molar-refractivity contribution is 6.14. The Hall–Kier alpha value is -0.150. The van der Waals surface area contributed by atoms with Crippen molar-refractivity contribution in [3.8, 4) is 0 Å². The van der Waals surface area contributed by atoms with E-state index in [1.807, 2.05) is 0 Å². The number of nitrogens with one attached hydrogen (secondary N) is 1. The van der Waals surface area contributed by atoms with Crippen LogP contribution in [0.2, 0.25) is 0 Å². The van der Waals surface area contributed by atoms with Gasteiger partial charge in [0.1, 0.15) is 6.29 Å². The molecule has 0 bridgehead atoms. The largest absolute Gasteiger partial charge is 0.302 e. The van der Waals surface area contributed by atoms with E-state index in [1.165, 1.54) is 0 Å². The molecule has 0 saturated heterocycles. The molecule has 0 aromatic carbocycles. The van der Waals surface area contributed by atoms with Crippen LogP contribution >= 0.6 is 11.8 Å². The Morgan fingerprint density at radius 3 is 2.62 bits per heavy atom. The van der Waals surface area contributed by atoms with Crippen molar-refractivity contribution in [3.63, 3.8) is 0 Å². The molecule has 0 saturated carbocycles. The Balaban J connectivity index is 3.21. The van der Waals surface area contributed by atoms with Crippen LogP contribution < -0.4 is 4.84 Å². The highest BCUT2D eigenvalue weighted by atomic mass is 35.5. The third-order valence-corrected chi connectivity index (χ3v) is 1.00. The number of rotatable bonds is 4. The van der Waals surface area contributed by atoms with E-state index < -0.39 is 12.7 Å². The molecule has 0 radical (unpaired) electrons. The Bertz CT molecular complexity index is 71.1. The minimum Gasteiger partial charge on any atom is -0.302 e. The predicted molar refractivity (Wildman–Crippen MR) is 29.4 cm³/mol. The number of hydrogen-bond donors (Lipinski definition) is 1. The van der Waals surface area contributed by atoms with E-state index in [9.17, 15) is 9.18 Å². The van der Waals surface area contributed by atoms with Crippen molar-refractivity contribution in [1.29, 1.82) is 0 Å². The first-order valence-electron chi connectivity index (χ1n) is 2.22. The average molecular weight is 140 g/mol. The van der Waals surface area contributed by atoms with E-state index in [0.29, 0.717) is 6.29 Å². The first kappa shape index (κ1) is 7.85. The van der Waals surface area contributed by atoms with Crippen molar-refractivity contribution in [3.05, 3.63) is 0 Å². The molecule has 2 nitrogen and oxygen atoms in total. The number of alkyl halides is 1.